The first-order chi connectivity index (χ1) is 8.67. The van der Waals surface area contributed by atoms with Crippen molar-refractivity contribution in [1.29, 1.82) is 0 Å². The number of aryl methyl sites for hydroxylation is 1. The van der Waals surface area contributed by atoms with Crippen LogP contribution < -0.4 is 0 Å². The van der Waals surface area contributed by atoms with E-state index in [1.807, 2.05) is 31.2 Å². The Balaban J connectivity index is 2.05. The van der Waals surface area contributed by atoms with Gasteiger partial charge in [-0.05, 0) is 17.7 Å². The highest BCUT2D eigenvalue weighted by Gasteiger charge is 2.03. The molecule has 0 N–H and O–H groups in total. The molecule has 0 aliphatic heterocycles. The van der Waals surface area contributed by atoms with E-state index >= 15 is 0 Å². The third-order valence-electron chi connectivity index (χ3n) is 2.33. The third kappa shape index (κ3) is 3.87. The number of hydrogen-bond acceptors (Lipinski definition) is 3. The van der Waals surface area contributed by atoms with Crippen LogP contribution in [-0.2, 0) is 12.2 Å². The van der Waals surface area contributed by atoms with Crippen molar-refractivity contribution in [2.45, 2.75) is 24.1 Å². The number of nitrogens with zero attached hydrogens (tertiary/aromatic N) is 2. The van der Waals surface area contributed by atoms with Crippen LogP contribution in [0.5, 0.6) is 0 Å². The molecule has 2 rings (SSSR count). The second-order valence-electron chi connectivity index (χ2n) is 3.71. The number of aromatic nitrogens is 2. The topological polar surface area (TPSA) is 25.8 Å². The first-order valence-electron chi connectivity index (χ1n) is 5.58. The fourth-order valence-electron chi connectivity index (χ4n) is 1.41. The van der Waals surface area contributed by atoms with Crippen molar-refractivity contribution >= 4 is 35.0 Å². The molecular weight excluding hydrogens is 287 g/mol. The van der Waals surface area contributed by atoms with Crippen molar-refractivity contribution in [2.75, 3.05) is 0 Å². The van der Waals surface area contributed by atoms with Gasteiger partial charge in [0.15, 0.2) is 0 Å². The summed E-state index contributed by atoms with van der Waals surface area (Å²) in [6.07, 6.45) is 0.787. The van der Waals surface area contributed by atoms with Crippen molar-refractivity contribution in [3.63, 3.8) is 0 Å². The summed E-state index contributed by atoms with van der Waals surface area (Å²) in [7, 11) is 0. The molecule has 0 aliphatic rings. The van der Waals surface area contributed by atoms with E-state index in [1.165, 1.54) is 5.56 Å². The Morgan fingerprint density at radius 3 is 2.50 bits per heavy atom. The zero-order valence-electron chi connectivity index (χ0n) is 9.86. The maximum atomic E-state index is 5.95. The molecule has 5 heteroatoms. The van der Waals surface area contributed by atoms with Crippen molar-refractivity contribution in [3.8, 4) is 0 Å². The standard InChI is InChI=1S/C13H12Cl2N2S/c1-2-12-16-11(15)7-13(17-12)18-8-9-3-5-10(14)6-4-9/h3-7H,2,8H2,1H3. The molecule has 2 aromatic rings. The summed E-state index contributed by atoms with van der Waals surface area (Å²) in [5.41, 5.74) is 1.21. The van der Waals surface area contributed by atoms with E-state index in [4.69, 9.17) is 23.2 Å². The number of thioether (sulfide) groups is 1. The Morgan fingerprint density at radius 2 is 1.83 bits per heavy atom. The zero-order chi connectivity index (χ0) is 13.0. The van der Waals surface area contributed by atoms with Gasteiger partial charge >= 0.3 is 0 Å². The van der Waals surface area contributed by atoms with Crippen LogP contribution in [0.3, 0.4) is 0 Å². The van der Waals surface area contributed by atoms with Crippen LogP contribution in [0.15, 0.2) is 35.4 Å². The Labute approximate surface area is 121 Å². The molecule has 0 fully saturated rings. The van der Waals surface area contributed by atoms with Gasteiger partial charge in [0.1, 0.15) is 16.0 Å². The maximum Gasteiger partial charge on any atom is 0.133 e. The van der Waals surface area contributed by atoms with Crippen LogP contribution in [-0.4, -0.2) is 9.97 Å². The molecule has 0 bridgehead atoms. The Bertz CT molecular complexity index is 529. The van der Waals surface area contributed by atoms with Gasteiger partial charge in [0.25, 0.3) is 0 Å². The van der Waals surface area contributed by atoms with Crippen molar-refractivity contribution in [2.24, 2.45) is 0 Å². The van der Waals surface area contributed by atoms with Gasteiger partial charge in [-0.1, -0.05) is 42.3 Å². The number of benzene rings is 1. The number of rotatable bonds is 4. The Kier molecular flexibility index (Phi) is 4.87. The Morgan fingerprint density at radius 1 is 1.11 bits per heavy atom. The molecule has 2 nitrogen and oxygen atoms in total. The van der Waals surface area contributed by atoms with Gasteiger partial charge in [-0.15, -0.1) is 11.8 Å². The summed E-state index contributed by atoms with van der Waals surface area (Å²) in [5.74, 6) is 1.62. The van der Waals surface area contributed by atoms with Crippen LogP contribution >= 0.6 is 35.0 Å². The zero-order valence-corrected chi connectivity index (χ0v) is 12.2. The molecule has 18 heavy (non-hydrogen) atoms. The molecule has 1 heterocycles. The molecule has 94 valence electrons. The minimum Gasteiger partial charge on any atom is -0.226 e. The predicted octanol–water partition coefficient (Wildman–Crippen LogP) is 4.64. The summed E-state index contributed by atoms with van der Waals surface area (Å²) in [4.78, 5) is 8.57. The average molecular weight is 299 g/mol. The third-order valence-corrected chi connectivity index (χ3v) is 3.76. The number of halogens is 2. The quantitative estimate of drug-likeness (QED) is 0.607. The van der Waals surface area contributed by atoms with Crippen LogP contribution in [0.2, 0.25) is 10.2 Å². The SMILES string of the molecule is CCc1nc(Cl)cc(SCc2ccc(Cl)cc2)n1. The molecule has 0 unspecified atom stereocenters. The maximum absolute atomic E-state index is 5.95. The van der Waals surface area contributed by atoms with Gasteiger partial charge in [-0.3, -0.25) is 0 Å². The predicted molar refractivity (Wildman–Crippen MR) is 77.4 cm³/mol. The second-order valence-corrected chi connectivity index (χ2v) is 5.53. The minimum absolute atomic E-state index is 0.500. The van der Waals surface area contributed by atoms with E-state index in [0.29, 0.717) is 5.15 Å². The van der Waals surface area contributed by atoms with Crippen molar-refractivity contribution in [3.05, 3.63) is 51.9 Å². The highest BCUT2D eigenvalue weighted by molar-refractivity contribution is 7.98. The molecule has 0 saturated heterocycles. The summed E-state index contributed by atoms with van der Waals surface area (Å²) in [6, 6.07) is 9.60. The molecule has 0 atom stereocenters. The van der Waals surface area contributed by atoms with Gasteiger partial charge in [0.2, 0.25) is 0 Å². The lowest BCUT2D eigenvalue weighted by molar-refractivity contribution is 0.889. The minimum atomic E-state index is 0.500. The highest BCUT2D eigenvalue weighted by atomic mass is 35.5. The van der Waals surface area contributed by atoms with Gasteiger partial charge in [-0.25, -0.2) is 9.97 Å². The van der Waals surface area contributed by atoms with Crippen LogP contribution in [0.1, 0.15) is 18.3 Å². The van der Waals surface area contributed by atoms with E-state index in [2.05, 4.69) is 9.97 Å². The highest BCUT2D eigenvalue weighted by Crippen LogP contribution is 2.23. The van der Waals surface area contributed by atoms with Crippen LogP contribution in [0, 0.1) is 0 Å². The molecule has 0 radical (unpaired) electrons. The summed E-state index contributed by atoms with van der Waals surface area (Å²) < 4.78 is 0. The smallest absolute Gasteiger partial charge is 0.133 e. The van der Waals surface area contributed by atoms with Crippen molar-refractivity contribution in [1.82, 2.24) is 9.97 Å². The lowest BCUT2D eigenvalue weighted by atomic mass is 10.2. The molecule has 0 aliphatic carbocycles. The van der Waals surface area contributed by atoms with Crippen LogP contribution in [0.4, 0.5) is 0 Å². The lowest BCUT2D eigenvalue weighted by Gasteiger charge is -2.04. The van der Waals surface area contributed by atoms with E-state index in [-0.39, 0.29) is 0 Å². The Hall–Kier alpha value is -0.770. The number of hydrogen-bond donors (Lipinski definition) is 0. The first kappa shape index (κ1) is 13.7. The fourth-order valence-corrected chi connectivity index (χ4v) is 2.68. The first-order valence-corrected chi connectivity index (χ1v) is 7.32. The normalized spacial score (nSPS) is 10.6. The second kappa shape index (κ2) is 6.41. The summed E-state index contributed by atoms with van der Waals surface area (Å²) in [5, 5.41) is 2.16. The van der Waals surface area contributed by atoms with Crippen LogP contribution in [0.25, 0.3) is 0 Å². The monoisotopic (exact) mass is 298 g/mol. The average Bonchev–Trinajstić information content (AvgIpc) is 2.37. The molecular formula is C13H12Cl2N2S. The summed E-state index contributed by atoms with van der Waals surface area (Å²) in [6.45, 7) is 2.01. The van der Waals surface area contributed by atoms with E-state index in [1.54, 1.807) is 17.8 Å². The molecule has 0 saturated carbocycles. The van der Waals surface area contributed by atoms with E-state index < -0.39 is 0 Å². The van der Waals surface area contributed by atoms with E-state index in [0.717, 1.165) is 28.0 Å². The lowest BCUT2D eigenvalue weighted by Crippen LogP contribution is -1.94. The molecule has 0 spiro atoms. The van der Waals surface area contributed by atoms with Gasteiger partial charge in [0.05, 0.1) is 0 Å². The van der Waals surface area contributed by atoms with Gasteiger partial charge in [-0.2, -0.15) is 0 Å². The van der Waals surface area contributed by atoms with Gasteiger partial charge in [0, 0.05) is 23.3 Å². The summed E-state index contributed by atoms with van der Waals surface area (Å²) >= 11 is 13.4. The largest absolute Gasteiger partial charge is 0.226 e. The van der Waals surface area contributed by atoms with Crippen molar-refractivity contribution < 1.29 is 0 Å². The fraction of sp³-hybridized carbons (Fsp3) is 0.231. The van der Waals surface area contributed by atoms with E-state index in [9.17, 15) is 0 Å². The molecule has 1 aromatic carbocycles. The van der Waals surface area contributed by atoms with Gasteiger partial charge < -0.3 is 0 Å². The molecule has 0 amide bonds. The molecule has 1 aromatic heterocycles.